The molecule has 1 unspecified atom stereocenters. The molecule has 7 heteroatoms. The second-order valence-electron chi connectivity index (χ2n) is 4.27. The molecule has 0 aromatic heterocycles. The van der Waals surface area contributed by atoms with E-state index in [-0.39, 0.29) is 0 Å². The second-order valence-corrected chi connectivity index (χ2v) is 4.27. The molecule has 0 radical (unpaired) electrons. The van der Waals surface area contributed by atoms with Crippen LogP contribution in [0.3, 0.4) is 0 Å². The summed E-state index contributed by atoms with van der Waals surface area (Å²) in [5, 5.41) is 2.94. The lowest BCUT2D eigenvalue weighted by Gasteiger charge is -2.18. The van der Waals surface area contributed by atoms with Crippen LogP contribution in [0.25, 0.3) is 0 Å². The molecule has 0 saturated heterocycles. The Balaban J connectivity index is 3.07. The van der Waals surface area contributed by atoms with E-state index in [1.165, 1.54) is 19.1 Å². The molecule has 1 amide bonds. The van der Waals surface area contributed by atoms with Gasteiger partial charge in [-0.25, -0.2) is 0 Å². The van der Waals surface area contributed by atoms with Crippen molar-refractivity contribution >= 4 is 5.91 Å². The Morgan fingerprint density at radius 2 is 2.10 bits per heavy atom. The highest BCUT2D eigenvalue weighted by Gasteiger charge is 2.35. The molecule has 0 fully saturated rings. The number of ether oxygens (including phenoxy) is 1. The van der Waals surface area contributed by atoms with Gasteiger partial charge in [0, 0.05) is 6.54 Å². The average molecular weight is 290 g/mol. The van der Waals surface area contributed by atoms with Crippen molar-refractivity contribution in [2.24, 2.45) is 5.73 Å². The molecule has 0 aliphatic carbocycles. The zero-order valence-corrected chi connectivity index (χ0v) is 11.3. The van der Waals surface area contributed by atoms with Gasteiger partial charge in [-0.05, 0) is 31.2 Å². The Hall–Kier alpha value is -1.76. The Morgan fingerprint density at radius 3 is 2.60 bits per heavy atom. The van der Waals surface area contributed by atoms with Gasteiger partial charge in [-0.3, -0.25) is 4.79 Å². The highest BCUT2D eigenvalue weighted by Crippen LogP contribution is 2.37. The topological polar surface area (TPSA) is 64.3 Å². The monoisotopic (exact) mass is 290 g/mol. The van der Waals surface area contributed by atoms with E-state index in [4.69, 9.17) is 10.5 Å². The summed E-state index contributed by atoms with van der Waals surface area (Å²) in [5.41, 5.74) is 4.55. The molecule has 0 heterocycles. The molecule has 0 bridgehead atoms. The maximum Gasteiger partial charge on any atom is 0.419 e. The Labute approximate surface area is 115 Å². The van der Waals surface area contributed by atoms with Crippen LogP contribution >= 0.6 is 0 Å². The summed E-state index contributed by atoms with van der Waals surface area (Å²) in [5.74, 6) is -1.22. The van der Waals surface area contributed by atoms with E-state index in [1.54, 1.807) is 0 Å². The molecule has 112 valence electrons. The molecule has 3 N–H and O–H groups in total. The molecule has 0 aliphatic rings. The van der Waals surface area contributed by atoms with Gasteiger partial charge in [-0.15, -0.1) is 0 Å². The Morgan fingerprint density at radius 1 is 1.45 bits per heavy atom. The molecular formula is C13H17F3N2O2. The lowest BCUT2D eigenvalue weighted by molar-refractivity contribution is -0.140. The fourth-order valence-electron chi connectivity index (χ4n) is 1.53. The number of hydrogen-bond acceptors (Lipinski definition) is 3. The summed E-state index contributed by atoms with van der Waals surface area (Å²) >= 11 is 0. The summed E-state index contributed by atoms with van der Waals surface area (Å²) < 4.78 is 43.9. The first-order chi connectivity index (χ1) is 9.25. The Kier molecular flexibility index (Phi) is 5.38. The molecule has 1 aromatic carbocycles. The lowest BCUT2D eigenvalue weighted by atomic mass is 10.1. The maximum absolute atomic E-state index is 13.0. The summed E-state index contributed by atoms with van der Waals surface area (Å²) in [4.78, 5) is 10.9. The highest BCUT2D eigenvalue weighted by molar-refractivity contribution is 5.78. The minimum Gasteiger partial charge on any atom is -0.480 e. The van der Waals surface area contributed by atoms with Crippen molar-refractivity contribution in [2.45, 2.75) is 32.7 Å². The minimum absolute atomic E-state index is 0.325. The quantitative estimate of drug-likeness (QED) is 0.843. The smallest absolute Gasteiger partial charge is 0.419 e. The van der Waals surface area contributed by atoms with E-state index in [0.29, 0.717) is 18.7 Å². The number of primary amides is 1. The normalized spacial score (nSPS) is 13.1. The van der Waals surface area contributed by atoms with E-state index in [1.807, 2.05) is 6.92 Å². The largest absolute Gasteiger partial charge is 0.480 e. The van der Waals surface area contributed by atoms with Crippen LogP contribution in [0.15, 0.2) is 18.2 Å². The van der Waals surface area contributed by atoms with Gasteiger partial charge in [0.15, 0.2) is 6.10 Å². The lowest BCUT2D eigenvalue weighted by Crippen LogP contribution is -2.31. The van der Waals surface area contributed by atoms with Crippen molar-refractivity contribution in [3.63, 3.8) is 0 Å². The number of carbonyl (C=O) groups excluding carboxylic acids is 1. The number of nitrogens with two attached hydrogens (primary N) is 1. The number of amides is 1. The summed E-state index contributed by atoms with van der Waals surface area (Å²) in [6.07, 6.45) is -5.69. The van der Waals surface area contributed by atoms with Gasteiger partial charge in [0.2, 0.25) is 0 Å². The fourth-order valence-corrected chi connectivity index (χ4v) is 1.53. The number of benzene rings is 1. The third kappa shape index (κ3) is 4.41. The maximum atomic E-state index is 13.0. The average Bonchev–Trinajstić information content (AvgIpc) is 2.36. The van der Waals surface area contributed by atoms with Crippen LogP contribution in [0.1, 0.15) is 25.0 Å². The van der Waals surface area contributed by atoms with E-state index < -0.39 is 29.5 Å². The molecule has 0 aliphatic heterocycles. The van der Waals surface area contributed by atoms with Crippen molar-refractivity contribution < 1.29 is 22.7 Å². The van der Waals surface area contributed by atoms with Gasteiger partial charge in [0.1, 0.15) is 5.75 Å². The molecule has 4 nitrogen and oxygen atoms in total. The van der Waals surface area contributed by atoms with E-state index in [0.717, 1.165) is 6.07 Å². The molecule has 0 saturated carbocycles. The molecule has 1 aromatic rings. The molecule has 1 atom stereocenters. The van der Waals surface area contributed by atoms with Crippen LogP contribution in [-0.2, 0) is 17.5 Å². The van der Waals surface area contributed by atoms with Gasteiger partial charge < -0.3 is 15.8 Å². The van der Waals surface area contributed by atoms with Crippen molar-refractivity contribution in [3.05, 3.63) is 29.3 Å². The fraction of sp³-hybridized carbons (Fsp3) is 0.462. The zero-order chi connectivity index (χ0) is 15.3. The standard InChI is InChI=1S/C13H17F3N2O2/c1-3-18-7-9-4-5-11(20-8(2)12(17)19)10(6-9)13(14,15)16/h4-6,8,18H,3,7H2,1-2H3,(H2,17,19). The number of rotatable bonds is 6. The summed E-state index contributed by atoms with van der Waals surface area (Å²) in [6.45, 7) is 4.13. The predicted molar refractivity (Wildman–Crippen MR) is 68.1 cm³/mol. The zero-order valence-electron chi connectivity index (χ0n) is 11.3. The van der Waals surface area contributed by atoms with Gasteiger partial charge in [0.05, 0.1) is 5.56 Å². The second kappa shape index (κ2) is 6.60. The van der Waals surface area contributed by atoms with Gasteiger partial charge >= 0.3 is 6.18 Å². The third-order valence-electron chi connectivity index (χ3n) is 2.63. The predicted octanol–water partition coefficient (Wildman–Crippen LogP) is 2.07. The van der Waals surface area contributed by atoms with Gasteiger partial charge in [-0.1, -0.05) is 13.0 Å². The highest BCUT2D eigenvalue weighted by atomic mass is 19.4. The molecule has 1 rings (SSSR count). The van der Waals surface area contributed by atoms with E-state index in [2.05, 4.69) is 5.32 Å². The Bertz CT molecular complexity index is 475. The van der Waals surface area contributed by atoms with Crippen LogP contribution < -0.4 is 15.8 Å². The van der Waals surface area contributed by atoms with Crippen LogP contribution in [0.2, 0.25) is 0 Å². The first-order valence-electron chi connectivity index (χ1n) is 6.12. The van der Waals surface area contributed by atoms with Crippen molar-refractivity contribution in [1.29, 1.82) is 0 Å². The number of hydrogen-bond donors (Lipinski definition) is 2. The van der Waals surface area contributed by atoms with Crippen molar-refractivity contribution in [1.82, 2.24) is 5.32 Å². The van der Waals surface area contributed by atoms with E-state index in [9.17, 15) is 18.0 Å². The van der Waals surface area contributed by atoms with Crippen molar-refractivity contribution in [2.75, 3.05) is 6.54 Å². The number of alkyl halides is 3. The van der Waals surface area contributed by atoms with Crippen LogP contribution in [0, 0.1) is 0 Å². The third-order valence-corrected chi connectivity index (χ3v) is 2.63. The van der Waals surface area contributed by atoms with Crippen LogP contribution in [-0.4, -0.2) is 18.6 Å². The SMILES string of the molecule is CCNCc1ccc(OC(C)C(N)=O)c(C(F)(F)F)c1. The van der Waals surface area contributed by atoms with Crippen molar-refractivity contribution in [3.8, 4) is 5.75 Å². The van der Waals surface area contributed by atoms with E-state index >= 15 is 0 Å². The summed E-state index contributed by atoms with van der Waals surface area (Å²) in [7, 11) is 0. The van der Waals surface area contributed by atoms with Gasteiger partial charge in [-0.2, -0.15) is 13.2 Å². The summed E-state index contributed by atoms with van der Waals surface area (Å²) in [6, 6.07) is 3.72. The number of halogens is 3. The first-order valence-corrected chi connectivity index (χ1v) is 6.12. The van der Waals surface area contributed by atoms with Crippen LogP contribution in [0.5, 0.6) is 5.75 Å². The van der Waals surface area contributed by atoms with Crippen LogP contribution in [0.4, 0.5) is 13.2 Å². The minimum atomic E-state index is -4.56. The van der Waals surface area contributed by atoms with Gasteiger partial charge in [0.25, 0.3) is 5.91 Å². The molecule has 0 spiro atoms. The molecular weight excluding hydrogens is 273 g/mol. The molecule has 20 heavy (non-hydrogen) atoms. The number of carbonyl (C=O) groups is 1. The first kappa shape index (κ1) is 16.3. The number of nitrogens with one attached hydrogen (secondary N) is 1.